The second kappa shape index (κ2) is 4.81. The molecule has 0 saturated heterocycles. The summed E-state index contributed by atoms with van der Waals surface area (Å²) in [6, 6.07) is 2.84. The Morgan fingerprint density at radius 1 is 1.50 bits per heavy atom. The number of nitrogens with one attached hydrogen (secondary N) is 1. The van der Waals surface area contributed by atoms with Gasteiger partial charge in [0.1, 0.15) is 5.69 Å². The van der Waals surface area contributed by atoms with Gasteiger partial charge >= 0.3 is 0 Å². The number of nitrogens with zero attached hydrogens (tertiary/aromatic N) is 3. The van der Waals surface area contributed by atoms with Gasteiger partial charge in [-0.3, -0.25) is 4.79 Å². The van der Waals surface area contributed by atoms with Crippen molar-refractivity contribution >= 4 is 11.6 Å². The maximum atomic E-state index is 13.1. The van der Waals surface area contributed by atoms with Crippen molar-refractivity contribution in [2.75, 3.05) is 6.54 Å². The number of halogens is 2. The number of hydrogen-bond acceptors (Lipinski definition) is 3. The zero-order valence-corrected chi connectivity index (χ0v) is 10.9. The van der Waals surface area contributed by atoms with E-state index in [1.165, 1.54) is 12.1 Å². The molecule has 5 nitrogen and oxygen atoms in total. The lowest BCUT2D eigenvalue weighted by molar-refractivity contribution is 0.0949. The first-order valence-electron chi connectivity index (χ1n) is 6.57. The van der Waals surface area contributed by atoms with Crippen LogP contribution in [0.1, 0.15) is 54.0 Å². The number of amides is 1. The van der Waals surface area contributed by atoms with Gasteiger partial charge in [-0.25, -0.2) is 18.3 Å². The minimum absolute atomic E-state index is 0.106. The van der Waals surface area contributed by atoms with Gasteiger partial charge in [0.25, 0.3) is 12.3 Å². The predicted molar refractivity (Wildman–Crippen MR) is 67.9 cm³/mol. The van der Waals surface area contributed by atoms with E-state index in [0.29, 0.717) is 17.9 Å². The van der Waals surface area contributed by atoms with E-state index < -0.39 is 6.43 Å². The summed E-state index contributed by atoms with van der Waals surface area (Å²) in [5, 5.41) is 6.53. The molecule has 1 saturated carbocycles. The number of carbonyl (C=O) groups excluding carboxylic acids is 1. The lowest BCUT2D eigenvalue weighted by atomic mass is 10.2. The van der Waals surface area contributed by atoms with Crippen molar-refractivity contribution < 1.29 is 13.6 Å². The number of fused-ring (bicyclic) bond motifs is 1. The van der Waals surface area contributed by atoms with Crippen LogP contribution in [-0.2, 0) is 0 Å². The second-order valence-corrected chi connectivity index (χ2v) is 4.84. The van der Waals surface area contributed by atoms with Crippen molar-refractivity contribution in [2.24, 2.45) is 0 Å². The van der Waals surface area contributed by atoms with E-state index in [-0.39, 0.29) is 23.2 Å². The standard InChI is InChI=1S/C13H14F2N4O/c1-2-16-13(20)9-6-11-17-8(7-3-4-7)5-10(12(14)15)19(11)18-9/h5-7,12H,2-4H2,1H3,(H,16,20). The largest absolute Gasteiger partial charge is 0.351 e. The number of carbonyl (C=O) groups is 1. The second-order valence-electron chi connectivity index (χ2n) is 4.84. The Kier molecular flexibility index (Phi) is 3.11. The Morgan fingerprint density at radius 2 is 2.25 bits per heavy atom. The topological polar surface area (TPSA) is 59.3 Å². The van der Waals surface area contributed by atoms with E-state index in [4.69, 9.17) is 0 Å². The molecule has 0 atom stereocenters. The Hall–Kier alpha value is -2.05. The maximum absolute atomic E-state index is 13.1. The van der Waals surface area contributed by atoms with Crippen LogP contribution in [0, 0.1) is 0 Å². The Bertz CT molecular complexity index is 664. The summed E-state index contributed by atoms with van der Waals surface area (Å²) in [6.07, 6.45) is -0.702. The van der Waals surface area contributed by atoms with E-state index in [1.54, 1.807) is 6.92 Å². The summed E-state index contributed by atoms with van der Waals surface area (Å²) in [6.45, 7) is 2.23. The first kappa shape index (κ1) is 13.0. The van der Waals surface area contributed by atoms with Crippen LogP contribution in [0.15, 0.2) is 12.1 Å². The first-order chi connectivity index (χ1) is 9.60. The van der Waals surface area contributed by atoms with Crippen LogP contribution in [0.25, 0.3) is 5.65 Å². The van der Waals surface area contributed by atoms with Crippen LogP contribution in [0.5, 0.6) is 0 Å². The molecule has 0 unspecified atom stereocenters. The van der Waals surface area contributed by atoms with Crippen LogP contribution < -0.4 is 5.32 Å². The molecule has 0 aliphatic heterocycles. The minimum atomic E-state index is -2.65. The lowest BCUT2D eigenvalue weighted by Crippen LogP contribution is -2.23. The van der Waals surface area contributed by atoms with E-state index in [9.17, 15) is 13.6 Å². The van der Waals surface area contributed by atoms with Crippen LogP contribution in [-0.4, -0.2) is 27.0 Å². The predicted octanol–water partition coefficient (Wildman–Crippen LogP) is 2.29. The maximum Gasteiger partial charge on any atom is 0.280 e. The summed E-state index contributed by atoms with van der Waals surface area (Å²) in [5.41, 5.74) is 0.850. The molecule has 2 aromatic rings. The van der Waals surface area contributed by atoms with E-state index in [2.05, 4.69) is 15.4 Å². The lowest BCUT2D eigenvalue weighted by Gasteiger charge is -2.06. The highest BCUT2D eigenvalue weighted by molar-refractivity contribution is 5.93. The summed E-state index contributed by atoms with van der Waals surface area (Å²) in [4.78, 5) is 16.1. The van der Waals surface area contributed by atoms with Crippen molar-refractivity contribution in [2.45, 2.75) is 32.1 Å². The van der Waals surface area contributed by atoms with E-state index in [0.717, 1.165) is 17.4 Å². The Balaban J connectivity index is 2.10. The van der Waals surface area contributed by atoms with E-state index >= 15 is 0 Å². The fraction of sp³-hybridized carbons (Fsp3) is 0.462. The molecule has 1 amide bonds. The Morgan fingerprint density at radius 3 is 2.85 bits per heavy atom. The SMILES string of the molecule is CCNC(=O)c1cc2nc(C3CC3)cc(C(F)F)n2n1. The smallest absolute Gasteiger partial charge is 0.280 e. The average molecular weight is 280 g/mol. The van der Waals surface area contributed by atoms with Crippen LogP contribution >= 0.6 is 0 Å². The van der Waals surface area contributed by atoms with Gasteiger partial charge in [0, 0.05) is 24.2 Å². The molecule has 2 heterocycles. The third kappa shape index (κ3) is 2.23. The zero-order valence-electron chi connectivity index (χ0n) is 10.9. The fourth-order valence-corrected chi connectivity index (χ4v) is 2.12. The monoisotopic (exact) mass is 280 g/mol. The zero-order chi connectivity index (χ0) is 14.3. The van der Waals surface area contributed by atoms with Gasteiger partial charge in [0.2, 0.25) is 0 Å². The normalized spacial score (nSPS) is 15.0. The summed E-state index contributed by atoms with van der Waals surface area (Å²) in [7, 11) is 0. The molecular weight excluding hydrogens is 266 g/mol. The van der Waals surface area contributed by atoms with Crippen LogP contribution in [0.4, 0.5) is 8.78 Å². The molecule has 1 aliphatic carbocycles. The fourth-order valence-electron chi connectivity index (χ4n) is 2.12. The van der Waals surface area contributed by atoms with Gasteiger partial charge in [0.05, 0.1) is 0 Å². The molecule has 0 spiro atoms. The first-order valence-corrected chi connectivity index (χ1v) is 6.57. The number of hydrogen-bond donors (Lipinski definition) is 1. The van der Waals surface area contributed by atoms with Crippen LogP contribution in [0.2, 0.25) is 0 Å². The molecule has 0 radical (unpaired) electrons. The van der Waals surface area contributed by atoms with Crippen molar-refractivity contribution in [1.82, 2.24) is 19.9 Å². The highest BCUT2D eigenvalue weighted by Gasteiger charge is 2.28. The minimum Gasteiger partial charge on any atom is -0.351 e. The Labute approximate surface area is 114 Å². The molecule has 7 heteroatoms. The average Bonchev–Trinajstić information content (AvgIpc) is 3.16. The molecule has 2 aromatic heterocycles. The third-order valence-electron chi connectivity index (χ3n) is 3.26. The van der Waals surface area contributed by atoms with Gasteiger partial charge in [-0.05, 0) is 25.8 Å². The molecule has 1 fully saturated rings. The molecule has 0 aromatic carbocycles. The molecule has 20 heavy (non-hydrogen) atoms. The molecule has 0 bridgehead atoms. The van der Waals surface area contributed by atoms with Crippen molar-refractivity contribution in [3.8, 4) is 0 Å². The molecular formula is C13H14F2N4O. The molecule has 3 rings (SSSR count). The van der Waals surface area contributed by atoms with Crippen molar-refractivity contribution in [3.63, 3.8) is 0 Å². The van der Waals surface area contributed by atoms with E-state index in [1.807, 2.05) is 0 Å². The van der Waals surface area contributed by atoms with Gasteiger partial charge in [-0.2, -0.15) is 5.10 Å². The number of aromatic nitrogens is 3. The highest BCUT2D eigenvalue weighted by Crippen LogP contribution is 2.40. The number of alkyl halides is 2. The third-order valence-corrected chi connectivity index (χ3v) is 3.26. The van der Waals surface area contributed by atoms with Crippen LogP contribution in [0.3, 0.4) is 0 Å². The van der Waals surface area contributed by atoms with Gasteiger partial charge < -0.3 is 5.32 Å². The molecule has 106 valence electrons. The summed E-state index contributed by atoms with van der Waals surface area (Å²) < 4.78 is 27.3. The van der Waals surface area contributed by atoms with Crippen molar-refractivity contribution in [3.05, 3.63) is 29.2 Å². The van der Waals surface area contributed by atoms with Gasteiger partial charge in [-0.15, -0.1) is 0 Å². The molecule has 1 N–H and O–H groups in total. The summed E-state index contributed by atoms with van der Waals surface area (Å²) >= 11 is 0. The molecule has 1 aliphatic rings. The van der Waals surface area contributed by atoms with Gasteiger partial charge in [0.15, 0.2) is 11.3 Å². The quantitative estimate of drug-likeness (QED) is 0.934. The summed E-state index contributed by atoms with van der Waals surface area (Å²) in [5.74, 6) is -0.119. The van der Waals surface area contributed by atoms with Crippen molar-refractivity contribution in [1.29, 1.82) is 0 Å². The number of rotatable bonds is 4. The van der Waals surface area contributed by atoms with Gasteiger partial charge in [-0.1, -0.05) is 0 Å². The highest BCUT2D eigenvalue weighted by atomic mass is 19.3.